The van der Waals surface area contributed by atoms with E-state index in [2.05, 4.69) is 17.9 Å². The highest BCUT2D eigenvalue weighted by atomic mass is 35.5. The normalized spacial score (nSPS) is 11.5. The quantitative estimate of drug-likeness (QED) is 0.463. The number of anilines is 1. The zero-order valence-electron chi connectivity index (χ0n) is 10.9. The Morgan fingerprint density at radius 3 is 2.27 bits per heavy atom. The van der Waals surface area contributed by atoms with Gasteiger partial charge in [-0.15, -0.1) is 0 Å². The van der Waals surface area contributed by atoms with Crippen molar-refractivity contribution in [1.29, 1.82) is 0 Å². The lowest BCUT2D eigenvalue weighted by Crippen LogP contribution is -2.04. The fraction of sp³-hybridized carbons (Fsp3) is 0.143. The lowest BCUT2D eigenvalue weighted by Gasteiger charge is -2.12. The highest BCUT2D eigenvalue weighted by Gasteiger charge is 2.30. The molecule has 2 rings (SSSR count). The zero-order valence-corrected chi connectivity index (χ0v) is 14.1. The highest BCUT2D eigenvalue weighted by Crippen LogP contribution is 2.41. The smallest absolute Gasteiger partial charge is 0.376 e. The Balaban J connectivity index is 2.31. The van der Waals surface area contributed by atoms with Gasteiger partial charge in [-0.3, -0.25) is 0 Å². The summed E-state index contributed by atoms with van der Waals surface area (Å²) in [7, 11) is 0. The van der Waals surface area contributed by atoms with Gasteiger partial charge in [0.15, 0.2) is 0 Å². The molecule has 2 aromatic carbocycles. The van der Waals surface area contributed by atoms with E-state index in [1.807, 2.05) is 0 Å². The van der Waals surface area contributed by atoms with Gasteiger partial charge >= 0.3 is 6.18 Å². The molecule has 1 nitrogen and oxygen atoms in total. The molecule has 0 atom stereocenters. The van der Waals surface area contributed by atoms with Gasteiger partial charge in [-0.1, -0.05) is 41.0 Å². The molecule has 0 aliphatic heterocycles. The Labute approximate surface area is 145 Å². The molecule has 118 valence electrons. The first kappa shape index (κ1) is 17.7. The molecule has 0 radical (unpaired) electrons. The topological polar surface area (TPSA) is 12.0 Å². The number of nitrogens with one attached hydrogen (secondary N) is 1. The minimum Gasteiger partial charge on any atom is -0.376 e. The summed E-state index contributed by atoms with van der Waals surface area (Å²) in [5, 5.41) is 3.67. The van der Waals surface area contributed by atoms with Gasteiger partial charge in [0.05, 0.1) is 21.5 Å². The largest absolute Gasteiger partial charge is 0.416 e. The molecule has 0 aliphatic rings. The molecular weight excluding hydrogens is 374 g/mol. The van der Waals surface area contributed by atoms with Crippen LogP contribution < -0.4 is 5.32 Å². The lowest BCUT2D eigenvalue weighted by atomic mass is 10.2. The second-order valence-corrected chi connectivity index (χ2v) is 6.45. The Kier molecular flexibility index (Phi) is 5.82. The summed E-state index contributed by atoms with van der Waals surface area (Å²) < 4.78 is 38.2. The standard InChI is InChI=1S/C14H10Cl2F3NS2/c15-11-5-9(20-7-21)6-12(16)13(11)22-10-3-1-2-8(4-10)14(17,18)19/h1-6,20-21H,7H2. The summed E-state index contributed by atoms with van der Waals surface area (Å²) in [6.45, 7) is 0. The van der Waals surface area contributed by atoms with E-state index in [0.29, 0.717) is 31.4 Å². The number of halogens is 5. The van der Waals surface area contributed by atoms with Gasteiger partial charge in [-0.05, 0) is 30.3 Å². The molecule has 0 fully saturated rings. The Bertz CT molecular complexity index is 654. The molecule has 0 unspecified atom stereocenters. The van der Waals surface area contributed by atoms with Crippen molar-refractivity contribution in [1.82, 2.24) is 0 Å². The molecular formula is C14H10Cl2F3NS2. The molecule has 0 saturated heterocycles. The van der Waals surface area contributed by atoms with Crippen LogP contribution in [0.5, 0.6) is 0 Å². The van der Waals surface area contributed by atoms with E-state index in [1.54, 1.807) is 18.2 Å². The van der Waals surface area contributed by atoms with Gasteiger partial charge in [0.1, 0.15) is 0 Å². The van der Waals surface area contributed by atoms with Crippen LogP contribution in [0.25, 0.3) is 0 Å². The number of hydrogen-bond donors (Lipinski definition) is 2. The minimum absolute atomic E-state index is 0.360. The molecule has 0 heterocycles. The molecule has 0 saturated carbocycles. The van der Waals surface area contributed by atoms with E-state index in [9.17, 15) is 13.2 Å². The maximum Gasteiger partial charge on any atom is 0.416 e. The first-order chi connectivity index (χ1) is 10.3. The van der Waals surface area contributed by atoms with Gasteiger partial charge in [-0.25, -0.2) is 0 Å². The summed E-state index contributed by atoms with van der Waals surface area (Å²) in [5.74, 6) is 0.409. The number of benzene rings is 2. The molecule has 1 N–H and O–H groups in total. The molecule has 0 aliphatic carbocycles. The molecule has 0 bridgehead atoms. The molecule has 0 spiro atoms. The monoisotopic (exact) mass is 383 g/mol. The summed E-state index contributed by atoms with van der Waals surface area (Å²) in [5.41, 5.74) is -0.0171. The summed E-state index contributed by atoms with van der Waals surface area (Å²) in [4.78, 5) is 0.918. The van der Waals surface area contributed by atoms with Crippen molar-refractivity contribution in [3.63, 3.8) is 0 Å². The van der Waals surface area contributed by atoms with Crippen LogP contribution in [0.4, 0.5) is 18.9 Å². The number of thiol groups is 1. The van der Waals surface area contributed by atoms with Crippen LogP contribution in [0.15, 0.2) is 46.2 Å². The van der Waals surface area contributed by atoms with E-state index in [0.717, 1.165) is 23.9 Å². The van der Waals surface area contributed by atoms with Crippen molar-refractivity contribution in [2.75, 3.05) is 11.2 Å². The van der Waals surface area contributed by atoms with E-state index in [-0.39, 0.29) is 0 Å². The minimum atomic E-state index is -4.38. The van der Waals surface area contributed by atoms with Gasteiger partial charge in [-0.2, -0.15) is 25.8 Å². The fourth-order valence-corrected chi connectivity index (χ4v) is 3.49. The maximum absolute atomic E-state index is 12.7. The van der Waals surface area contributed by atoms with Crippen LogP contribution in [0.1, 0.15) is 5.56 Å². The summed E-state index contributed by atoms with van der Waals surface area (Å²) >= 11 is 17.4. The van der Waals surface area contributed by atoms with Gasteiger partial charge in [0.25, 0.3) is 0 Å². The van der Waals surface area contributed by atoms with E-state index >= 15 is 0 Å². The van der Waals surface area contributed by atoms with Crippen LogP contribution in [-0.4, -0.2) is 5.88 Å². The Morgan fingerprint density at radius 2 is 1.73 bits per heavy atom. The number of hydrogen-bond acceptors (Lipinski definition) is 3. The first-order valence-electron chi connectivity index (χ1n) is 6.00. The van der Waals surface area contributed by atoms with Crippen molar-refractivity contribution < 1.29 is 13.2 Å². The molecule has 0 aromatic heterocycles. The van der Waals surface area contributed by atoms with Crippen LogP contribution >= 0.6 is 47.6 Å². The van der Waals surface area contributed by atoms with Crippen molar-refractivity contribution in [3.05, 3.63) is 52.0 Å². The summed E-state index contributed by atoms with van der Waals surface area (Å²) in [6.07, 6.45) is -4.38. The van der Waals surface area contributed by atoms with Gasteiger partial charge < -0.3 is 5.32 Å². The van der Waals surface area contributed by atoms with Crippen LogP contribution in [0.2, 0.25) is 10.0 Å². The Morgan fingerprint density at radius 1 is 1.09 bits per heavy atom. The Hall–Kier alpha value is -0.690. The molecule has 2 aromatic rings. The predicted octanol–water partition coefficient (Wildman–Crippen LogP) is 6.46. The van der Waals surface area contributed by atoms with Crippen molar-refractivity contribution >= 4 is 53.3 Å². The van der Waals surface area contributed by atoms with Crippen molar-refractivity contribution in [2.24, 2.45) is 0 Å². The molecule has 0 amide bonds. The zero-order chi connectivity index (χ0) is 16.3. The summed E-state index contributed by atoms with van der Waals surface area (Å²) in [6, 6.07) is 8.32. The van der Waals surface area contributed by atoms with Gasteiger partial charge in [0.2, 0.25) is 0 Å². The SMILES string of the molecule is FC(F)(F)c1cccc(Sc2c(Cl)cc(NCS)cc2Cl)c1. The van der Waals surface area contributed by atoms with E-state index in [1.165, 1.54) is 6.07 Å². The second kappa shape index (κ2) is 7.25. The van der Waals surface area contributed by atoms with Crippen molar-refractivity contribution in [2.45, 2.75) is 16.0 Å². The van der Waals surface area contributed by atoms with Gasteiger partial charge in [0, 0.05) is 15.5 Å². The average Bonchev–Trinajstić information content (AvgIpc) is 2.43. The predicted molar refractivity (Wildman–Crippen MR) is 89.5 cm³/mol. The molecule has 22 heavy (non-hydrogen) atoms. The highest BCUT2D eigenvalue weighted by molar-refractivity contribution is 7.99. The lowest BCUT2D eigenvalue weighted by molar-refractivity contribution is -0.137. The van der Waals surface area contributed by atoms with Crippen LogP contribution in [-0.2, 0) is 6.18 Å². The third-order valence-corrected chi connectivity index (χ3v) is 4.77. The van der Waals surface area contributed by atoms with E-state index < -0.39 is 11.7 Å². The third-order valence-electron chi connectivity index (χ3n) is 2.66. The number of rotatable bonds is 4. The third kappa shape index (κ3) is 4.41. The fourth-order valence-electron chi connectivity index (χ4n) is 1.70. The van der Waals surface area contributed by atoms with E-state index in [4.69, 9.17) is 23.2 Å². The second-order valence-electron chi connectivity index (χ2n) is 4.23. The maximum atomic E-state index is 12.7. The average molecular weight is 384 g/mol. The molecule has 8 heteroatoms. The van der Waals surface area contributed by atoms with Crippen molar-refractivity contribution in [3.8, 4) is 0 Å². The van der Waals surface area contributed by atoms with Crippen LogP contribution in [0, 0.1) is 0 Å². The van der Waals surface area contributed by atoms with Crippen LogP contribution in [0.3, 0.4) is 0 Å². The first-order valence-corrected chi connectivity index (χ1v) is 8.20. The number of alkyl halides is 3.